The number of nitrogens with zero attached hydrogens (tertiary/aromatic N) is 4. The van der Waals surface area contributed by atoms with Crippen molar-refractivity contribution in [3.05, 3.63) is 66.4 Å². The van der Waals surface area contributed by atoms with Crippen LogP contribution in [0.5, 0.6) is 5.75 Å². The largest absolute Gasteiger partial charge is 0.497 e. The zero-order chi connectivity index (χ0) is 20.1. The fourth-order valence-corrected chi connectivity index (χ4v) is 3.26. The maximum atomic E-state index is 12.4. The number of carbonyl (C=O) groups excluding carboxylic acids is 1. The predicted octanol–water partition coefficient (Wildman–Crippen LogP) is 2.33. The summed E-state index contributed by atoms with van der Waals surface area (Å²) >= 11 is 0. The number of nitrogens with one attached hydrogen (secondary N) is 1. The van der Waals surface area contributed by atoms with Gasteiger partial charge in [-0.15, -0.1) is 0 Å². The SMILES string of the molecule is COc1ccc(N2CCN(c3nccc(C(=O)NCc4ccco4)n3)CC2)cc1. The number of piperazine rings is 1. The molecule has 150 valence electrons. The molecule has 0 aliphatic carbocycles. The van der Waals surface area contributed by atoms with Gasteiger partial charge in [-0.05, 0) is 42.5 Å². The molecule has 0 spiro atoms. The van der Waals surface area contributed by atoms with Gasteiger partial charge < -0.3 is 24.3 Å². The zero-order valence-corrected chi connectivity index (χ0v) is 16.2. The number of methoxy groups -OCH3 is 1. The minimum Gasteiger partial charge on any atom is -0.497 e. The number of aromatic nitrogens is 2. The van der Waals surface area contributed by atoms with E-state index < -0.39 is 0 Å². The van der Waals surface area contributed by atoms with E-state index in [0.717, 1.165) is 37.6 Å². The van der Waals surface area contributed by atoms with Gasteiger partial charge in [-0.3, -0.25) is 4.79 Å². The first kappa shape index (κ1) is 18.8. The Morgan fingerprint density at radius 3 is 2.55 bits per heavy atom. The Morgan fingerprint density at radius 2 is 1.86 bits per heavy atom. The Kier molecular flexibility index (Phi) is 5.60. The van der Waals surface area contributed by atoms with E-state index in [4.69, 9.17) is 9.15 Å². The van der Waals surface area contributed by atoms with E-state index in [1.54, 1.807) is 31.7 Å². The van der Waals surface area contributed by atoms with Crippen molar-refractivity contribution in [3.63, 3.8) is 0 Å². The molecule has 0 saturated carbocycles. The molecule has 0 bridgehead atoms. The number of hydrogen-bond acceptors (Lipinski definition) is 7. The van der Waals surface area contributed by atoms with E-state index >= 15 is 0 Å². The molecule has 8 nitrogen and oxygen atoms in total. The highest BCUT2D eigenvalue weighted by molar-refractivity contribution is 5.92. The first-order valence-corrected chi connectivity index (χ1v) is 9.50. The summed E-state index contributed by atoms with van der Waals surface area (Å²) in [6, 6.07) is 13.3. The number of anilines is 2. The molecule has 8 heteroatoms. The lowest BCUT2D eigenvalue weighted by Gasteiger charge is -2.36. The summed E-state index contributed by atoms with van der Waals surface area (Å²) < 4.78 is 10.4. The summed E-state index contributed by atoms with van der Waals surface area (Å²) in [6.07, 6.45) is 3.20. The highest BCUT2D eigenvalue weighted by Crippen LogP contribution is 2.21. The number of rotatable bonds is 6. The highest BCUT2D eigenvalue weighted by Gasteiger charge is 2.20. The Bertz CT molecular complexity index is 935. The van der Waals surface area contributed by atoms with Crippen molar-refractivity contribution in [3.8, 4) is 5.75 Å². The molecule has 1 fully saturated rings. The van der Waals surface area contributed by atoms with Gasteiger partial charge in [0, 0.05) is 38.1 Å². The molecule has 0 atom stereocenters. The molecule has 0 unspecified atom stereocenters. The van der Waals surface area contributed by atoms with E-state index in [1.807, 2.05) is 18.2 Å². The van der Waals surface area contributed by atoms with Crippen molar-refractivity contribution < 1.29 is 13.9 Å². The molecule has 1 aliphatic rings. The first-order valence-electron chi connectivity index (χ1n) is 9.50. The summed E-state index contributed by atoms with van der Waals surface area (Å²) in [5.41, 5.74) is 1.51. The highest BCUT2D eigenvalue weighted by atomic mass is 16.5. The molecule has 1 amide bonds. The van der Waals surface area contributed by atoms with Crippen LogP contribution in [-0.2, 0) is 6.54 Å². The van der Waals surface area contributed by atoms with Crippen molar-refractivity contribution in [1.82, 2.24) is 15.3 Å². The summed E-state index contributed by atoms with van der Waals surface area (Å²) in [5, 5.41) is 2.81. The van der Waals surface area contributed by atoms with Crippen molar-refractivity contribution in [1.29, 1.82) is 0 Å². The monoisotopic (exact) mass is 393 g/mol. The first-order chi connectivity index (χ1) is 14.2. The lowest BCUT2D eigenvalue weighted by molar-refractivity contribution is 0.0943. The van der Waals surface area contributed by atoms with E-state index in [2.05, 4.69) is 37.2 Å². The van der Waals surface area contributed by atoms with Crippen molar-refractivity contribution in [2.75, 3.05) is 43.1 Å². The number of amides is 1. The van der Waals surface area contributed by atoms with Crippen LogP contribution in [0.1, 0.15) is 16.2 Å². The predicted molar refractivity (Wildman–Crippen MR) is 109 cm³/mol. The maximum absolute atomic E-state index is 12.4. The van der Waals surface area contributed by atoms with Crippen LogP contribution in [0.15, 0.2) is 59.3 Å². The van der Waals surface area contributed by atoms with Crippen molar-refractivity contribution in [2.24, 2.45) is 0 Å². The maximum Gasteiger partial charge on any atom is 0.270 e. The van der Waals surface area contributed by atoms with Crippen LogP contribution in [0.25, 0.3) is 0 Å². The van der Waals surface area contributed by atoms with E-state index in [0.29, 0.717) is 23.9 Å². The number of hydrogen-bond donors (Lipinski definition) is 1. The minimum atomic E-state index is -0.248. The molecule has 4 rings (SSSR count). The zero-order valence-electron chi connectivity index (χ0n) is 16.2. The Morgan fingerprint density at radius 1 is 1.10 bits per heavy atom. The number of benzene rings is 1. The molecule has 29 heavy (non-hydrogen) atoms. The van der Waals surface area contributed by atoms with Crippen LogP contribution >= 0.6 is 0 Å². The van der Waals surface area contributed by atoms with Crippen molar-refractivity contribution >= 4 is 17.5 Å². The fourth-order valence-electron chi connectivity index (χ4n) is 3.26. The third-order valence-electron chi connectivity index (χ3n) is 4.88. The molecule has 3 aromatic rings. The van der Waals surface area contributed by atoms with Gasteiger partial charge in [0.05, 0.1) is 19.9 Å². The van der Waals surface area contributed by atoms with Gasteiger partial charge in [0.15, 0.2) is 0 Å². The quantitative estimate of drug-likeness (QED) is 0.688. The minimum absolute atomic E-state index is 0.248. The lowest BCUT2D eigenvalue weighted by atomic mass is 10.2. The van der Waals surface area contributed by atoms with Gasteiger partial charge >= 0.3 is 0 Å². The molecule has 1 aromatic carbocycles. The summed E-state index contributed by atoms with van der Waals surface area (Å²) in [7, 11) is 1.67. The lowest BCUT2D eigenvalue weighted by Crippen LogP contribution is -2.47. The summed E-state index contributed by atoms with van der Waals surface area (Å²) in [6.45, 7) is 3.59. The molecular weight excluding hydrogens is 370 g/mol. The van der Waals surface area contributed by atoms with Gasteiger partial charge in [-0.25, -0.2) is 9.97 Å². The smallest absolute Gasteiger partial charge is 0.270 e. The second-order valence-corrected chi connectivity index (χ2v) is 6.68. The topological polar surface area (TPSA) is 83.7 Å². The van der Waals surface area contributed by atoms with Crippen LogP contribution in [0, 0.1) is 0 Å². The number of carbonyl (C=O) groups is 1. The van der Waals surface area contributed by atoms with Gasteiger partial charge in [0.1, 0.15) is 17.2 Å². The molecule has 3 heterocycles. The third-order valence-corrected chi connectivity index (χ3v) is 4.88. The summed E-state index contributed by atoms with van der Waals surface area (Å²) in [4.78, 5) is 25.6. The standard InChI is InChI=1S/C21H23N5O3/c1-28-17-6-4-16(5-7-17)25-10-12-26(13-11-25)21-22-9-8-19(24-21)20(27)23-15-18-3-2-14-29-18/h2-9,14H,10-13,15H2,1H3,(H,23,27). The number of furan rings is 1. The van der Waals surface area contributed by atoms with Gasteiger partial charge in [0.2, 0.25) is 5.95 Å². The average molecular weight is 393 g/mol. The Labute approximate surface area is 169 Å². The van der Waals surface area contributed by atoms with Crippen LogP contribution in [0.2, 0.25) is 0 Å². The second kappa shape index (κ2) is 8.64. The molecule has 1 saturated heterocycles. The van der Waals surface area contributed by atoms with Gasteiger partial charge in [0.25, 0.3) is 5.91 Å². The second-order valence-electron chi connectivity index (χ2n) is 6.68. The fraction of sp³-hybridized carbons (Fsp3) is 0.286. The third kappa shape index (κ3) is 4.48. The summed E-state index contributed by atoms with van der Waals surface area (Å²) in [5.74, 6) is 1.87. The normalized spacial score (nSPS) is 14.0. The van der Waals surface area contributed by atoms with Gasteiger partial charge in [-0.2, -0.15) is 0 Å². The molecule has 2 aromatic heterocycles. The van der Waals surface area contributed by atoms with Crippen LogP contribution in [-0.4, -0.2) is 49.2 Å². The van der Waals surface area contributed by atoms with E-state index in [1.165, 1.54) is 0 Å². The average Bonchev–Trinajstić information content (AvgIpc) is 3.31. The Balaban J connectivity index is 1.35. The Hall–Kier alpha value is -3.55. The van der Waals surface area contributed by atoms with Crippen molar-refractivity contribution in [2.45, 2.75) is 6.54 Å². The number of ether oxygens (including phenoxy) is 1. The van der Waals surface area contributed by atoms with Crippen LogP contribution < -0.4 is 19.9 Å². The molecular formula is C21H23N5O3. The van der Waals surface area contributed by atoms with E-state index in [9.17, 15) is 4.79 Å². The van der Waals surface area contributed by atoms with Gasteiger partial charge in [-0.1, -0.05) is 0 Å². The van der Waals surface area contributed by atoms with Crippen LogP contribution in [0.4, 0.5) is 11.6 Å². The molecule has 1 N–H and O–H groups in total. The van der Waals surface area contributed by atoms with E-state index in [-0.39, 0.29) is 5.91 Å². The molecule has 1 aliphatic heterocycles. The van der Waals surface area contributed by atoms with Crippen LogP contribution in [0.3, 0.4) is 0 Å². The molecule has 0 radical (unpaired) electrons.